The zero-order valence-electron chi connectivity index (χ0n) is 29.4. The molecule has 4 aromatic rings. The topological polar surface area (TPSA) is 131 Å². The van der Waals surface area contributed by atoms with Gasteiger partial charge in [-0.15, -0.1) is 0 Å². The highest BCUT2D eigenvalue weighted by atomic mass is 32.1. The van der Waals surface area contributed by atoms with Crippen molar-refractivity contribution in [3.05, 3.63) is 90.5 Å². The third kappa shape index (κ3) is 8.25. The summed E-state index contributed by atoms with van der Waals surface area (Å²) in [6.45, 7) is 0.0105. The number of anilines is 1. The zero-order chi connectivity index (χ0) is 37.9. The minimum absolute atomic E-state index is 0.0105. The lowest BCUT2D eigenvalue weighted by atomic mass is 10.0. The number of allylic oxidation sites excluding steroid dienone is 1. The van der Waals surface area contributed by atoms with Crippen molar-refractivity contribution in [2.45, 2.75) is 74.8 Å². The Balaban J connectivity index is 1.17. The molecule has 0 spiro atoms. The average Bonchev–Trinajstić information content (AvgIpc) is 3.46. The lowest BCUT2D eigenvalue weighted by Crippen LogP contribution is -2.57. The van der Waals surface area contributed by atoms with Crippen LogP contribution in [-0.2, 0) is 20.6 Å². The number of nitrogens with zero attached hydrogens (tertiary/aromatic N) is 2. The second-order valence-corrected chi connectivity index (χ2v) is 14.7. The Morgan fingerprint density at radius 2 is 1.85 bits per heavy atom. The van der Waals surface area contributed by atoms with E-state index in [1.54, 1.807) is 37.4 Å². The molecule has 15 heteroatoms. The molecule has 2 fully saturated rings. The van der Waals surface area contributed by atoms with Crippen LogP contribution in [0.5, 0.6) is 16.7 Å². The fourth-order valence-electron chi connectivity index (χ4n) is 7.04. The van der Waals surface area contributed by atoms with E-state index >= 15 is 0 Å². The Labute approximate surface area is 313 Å². The van der Waals surface area contributed by atoms with Crippen molar-refractivity contribution >= 4 is 45.0 Å². The predicted molar refractivity (Wildman–Crippen MR) is 196 cm³/mol. The number of thiazole rings is 1. The average molecular weight is 764 g/mol. The SMILES string of the molecule is COc1ccc2nc(O[C@@H]3C[C@H]4C(=O)N[C@]5(C(=O)NOc6ccccc6)C[C@H]5C=CCCCCC[C@H](Nc5cccc(C(F)(F)F)c5)C(=O)N4C3)sc2c1. The lowest BCUT2D eigenvalue weighted by molar-refractivity contribution is -0.141. The van der Waals surface area contributed by atoms with Crippen molar-refractivity contribution < 1.29 is 41.9 Å². The lowest BCUT2D eigenvalue weighted by Gasteiger charge is -2.30. The van der Waals surface area contributed by atoms with E-state index in [0.717, 1.165) is 29.7 Å². The van der Waals surface area contributed by atoms with Gasteiger partial charge in [-0.3, -0.25) is 14.4 Å². The van der Waals surface area contributed by atoms with Gasteiger partial charge in [0.25, 0.3) is 11.1 Å². The van der Waals surface area contributed by atoms with Crippen LogP contribution in [0.4, 0.5) is 18.9 Å². The van der Waals surface area contributed by atoms with Gasteiger partial charge in [-0.05, 0) is 74.2 Å². The molecule has 3 N–H and O–H groups in total. The minimum Gasteiger partial charge on any atom is -0.497 e. The number of benzene rings is 3. The summed E-state index contributed by atoms with van der Waals surface area (Å²) in [6, 6.07) is 16.9. The molecule has 1 aliphatic carbocycles. The Morgan fingerprint density at radius 1 is 1.02 bits per heavy atom. The number of rotatable bonds is 8. The summed E-state index contributed by atoms with van der Waals surface area (Å²) in [4.78, 5) is 54.2. The van der Waals surface area contributed by atoms with Gasteiger partial charge in [0.05, 0.1) is 29.4 Å². The number of methoxy groups -OCH3 is 1. The van der Waals surface area contributed by atoms with Crippen LogP contribution in [0.1, 0.15) is 50.5 Å². The molecule has 0 unspecified atom stereocenters. The molecule has 284 valence electrons. The number of hydrogen-bond acceptors (Lipinski definition) is 9. The van der Waals surface area contributed by atoms with E-state index in [2.05, 4.69) is 21.1 Å². The molecule has 3 aromatic carbocycles. The number of hydroxylamine groups is 1. The summed E-state index contributed by atoms with van der Waals surface area (Å²) < 4.78 is 53.3. The molecule has 11 nitrogen and oxygen atoms in total. The van der Waals surface area contributed by atoms with Crippen molar-refractivity contribution in [3.8, 4) is 16.7 Å². The standard InChI is InChI=1S/C39H40F3N5O6S/c1-51-28-17-18-30-33(21-28)54-37(44-30)52-29-20-32-34(48)45-38(36(50)46-53-27-14-7-5-8-15-27)22-25(38)11-6-3-2-4-9-16-31(35(49)47(32)23-29)43-26-13-10-12-24(19-26)39(40,41)42/h5-8,10-15,17-19,21,25,29,31-32,43H,2-4,9,16,20,22-23H2,1H3,(H,45,48)(H,46,50)/t25-,29-,31+,32+,38-/m1/s1. The molecule has 3 aliphatic rings. The summed E-state index contributed by atoms with van der Waals surface area (Å²) in [7, 11) is 1.57. The minimum atomic E-state index is -4.57. The molecule has 54 heavy (non-hydrogen) atoms. The number of hydrogen-bond donors (Lipinski definition) is 3. The van der Waals surface area contributed by atoms with Gasteiger partial charge in [0.1, 0.15) is 29.5 Å². The van der Waals surface area contributed by atoms with E-state index in [1.807, 2.05) is 30.4 Å². The van der Waals surface area contributed by atoms with E-state index in [-0.39, 0.29) is 24.6 Å². The number of alkyl halides is 3. The van der Waals surface area contributed by atoms with Crippen molar-refractivity contribution in [2.75, 3.05) is 19.0 Å². The highest BCUT2D eigenvalue weighted by Crippen LogP contribution is 2.46. The fourth-order valence-corrected chi connectivity index (χ4v) is 7.95. The molecule has 1 saturated heterocycles. The van der Waals surface area contributed by atoms with Gasteiger partial charge in [-0.1, -0.05) is 60.6 Å². The largest absolute Gasteiger partial charge is 0.497 e. The van der Waals surface area contributed by atoms with Gasteiger partial charge in [0.15, 0.2) is 5.75 Å². The molecule has 0 radical (unpaired) electrons. The quantitative estimate of drug-likeness (QED) is 0.134. The number of halogens is 3. The van der Waals surface area contributed by atoms with Gasteiger partial charge >= 0.3 is 6.18 Å². The van der Waals surface area contributed by atoms with Crippen molar-refractivity contribution in [2.24, 2.45) is 5.92 Å². The molecular formula is C39H40F3N5O6S. The number of para-hydroxylation sites is 1. The Hall–Kier alpha value is -5.31. The molecule has 3 heterocycles. The van der Waals surface area contributed by atoms with Gasteiger partial charge in [0.2, 0.25) is 11.8 Å². The normalized spacial score (nSPS) is 24.7. The predicted octanol–water partition coefficient (Wildman–Crippen LogP) is 6.66. The van der Waals surface area contributed by atoms with Crippen molar-refractivity contribution in [3.63, 3.8) is 0 Å². The second kappa shape index (κ2) is 15.6. The first kappa shape index (κ1) is 37.0. The summed E-state index contributed by atoms with van der Waals surface area (Å²) in [6.07, 6.45) is 2.33. The maximum atomic E-state index is 14.5. The van der Waals surface area contributed by atoms with E-state index < -0.39 is 53.2 Å². The zero-order valence-corrected chi connectivity index (χ0v) is 30.3. The van der Waals surface area contributed by atoms with Gasteiger partial charge < -0.3 is 29.8 Å². The monoisotopic (exact) mass is 763 g/mol. The number of carbonyl (C=O) groups excluding carboxylic acids is 3. The third-order valence-electron chi connectivity index (χ3n) is 10.0. The van der Waals surface area contributed by atoms with Crippen LogP contribution in [0.2, 0.25) is 0 Å². The Bertz CT molecular complexity index is 2030. The molecule has 1 saturated carbocycles. The van der Waals surface area contributed by atoms with Crippen LogP contribution >= 0.6 is 11.3 Å². The van der Waals surface area contributed by atoms with Gasteiger partial charge in [0, 0.05) is 18.0 Å². The van der Waals surface area contributed by atoms with Crippen LogP contribution in [0, 0.1) is 5.92 Å². The van der Waals surface area contributed by atoms with Gasteiger partial charge in [-0.25, -0.2) is 4.98 Å². The summed E-state index contributed by atoms with van der Waals surface area (Å²) >= 11 is 1.30. The molecule has 1 aromatic heterocycles. The van der Waals surface area contributed by atoms with Crippen LogP contribution in [0.25, 0.3) is 10.2 Å². The first-order valence-corrected chi connectivity index (χ1v) is 18.7. The van der Waals surface area contributed by atoms with Crippen molar-refractivity contribution in [1.82, 2.24) is 20.7 Å². The number of ether oxygens (including phenoxy) is 2. The molecule has 5 atom stereocenters. The maximum Gasteiger partial charge on any atom is 0.416 e. The fraction of sp³-hybridized carbons (Fsp3) is 0.385. The van der Waals surface area contributed by atoms with Gasteiger partial charge in [-0.2, -0.15) is 18.7 Å². The van der Waals surface area contributed by atoms with E-state index in [0.29, 0.717) is 47.9 Å². The Kier molecular flexibility index (Phi) is 10.7. The van der Waals surface area contributed by atoms with Crippen LogP contribution in [0.15, 0.2) is 84.9 Å². The summed E-state index contributed by atoms with van der Waals surface area (Å²) in [5, 5.41) is 6.36. The van der Waals surface area contributed by atoms with E-state index in [1.165, 1.54) is 28.4 Å². The number of carbonyl (C=O) groups is 3. The van der Waals surface area contributed by atoms with E-state index in [9.17, 15) is 27.6 Å². The highest BCUT2D eigenvalue weighted by molar-refractivity contribution is 7.20. The summed E-state index contributed by atoms with van der Waals surface area (Å²) in [5.41, 5.74) is 1.16. The highest BCUT2D eigenvalue weighted by Gasteiger charge is 2.61. The molecule has 7 rings (SSSR count). The van der Waals surface area contributed by atoms with E-state index in [4.69, 9.17) is 14.3 Å². The van der Waals surface area contributed by atoms with Crippen LogP contribution < -0.4 is 30.4 Å². The third-order valence-corrected chi connectivity index (χ3v) is 10.9. The number of nitrogens with one attached hydrogen (secondary N) is 3. The number of fused-ring (bicyclic) bond motifs is 3. The molecular weight excluding hydrogens is 724 g/mol. The molecule has 2 aliphatic heterocycles. The molecule has 3 amide bonds. The summed E-state index contributed by atoms with van der Waals surface area (Å²) in [5.74, 6) is -0.777. The first-order valence-electron chi connectivity index (χ1n) is 17.9. The number of amides is 3. The molecule has 0 bridgehead atoms. The first-order chi connectivity index (χ1) is 26.0. The van der Waals surface area contributed by atoms with Crippen molar-refractivity contribution in [1.29, 1.82) is 0 Å². The second-order valence-electron chi connectivity index (χ2n) is 13.8. The number of aromatic nitrogens is 1. The Morgan fingerprint density at radius 3 is 2.65 bits per heavy atom. The maximum absolute atomic E-state index is 14.5. The van der Waals surface area contributed by atoms with Crippen LogP contribution in [-0.4, -0.2) is 65.0 Å². The van der Waals surface area contributed by atoms with Crippen LogP contribution in [0.3, 0.4) is 0 Å². The smallest absolute Gasteiger partial charge is 0.416 e.